The Labute approximate surface area is 122 Å². The molecule has 0 unspecified atom stereocenters. The number of carbonyl (C=O) groups excluding carboxylic acids is 1. The van der Waals surface area contributed by atoms with Crippen LogP contribution in [0.4, 0.5) is 0 Å². The van der Waals surface area contributed by atoms with Crippen LogP contribution in [0.3, 0.4) is 0 Å². The minimum atomic E-state index is 0.241. The first kappa shape index (κ1) is 18.2. The Morgan fingerprint density at radius 3 is 2.53 bits per heavy atom. The summed E-state index contributed by atoms with van der Waals surface area (Å²) in [6.45, 7) is 9.10. The highest BCUT2D eigenvalue weighted by atomic mass is 32.1. The standard InChI is InChI=1S/C14H26N2O2S/c1-11(2)14(13(19)10-17)12(3)16(5)7-9-18-8-6-15-4/h10-11,15H,6-9H2,1-5H3/b14-12+. The van der Waals surface area contributed by atoms with Crippen molar-refractivity contribution in [1.82, 2.24) is 10.2 Å². The maximum absolute atomic E-state index is 10.9. The molecule has 0 aromatic rings. The predicted molar refractivity (Wildman–Crippen MR) is 83.6 cm³/mol. The number of allylic oxidation sites excluding steroid dienone is 2. The van der Waals surface area contributed by atoms with Gasteiger partial charge in [-0.25, -0.2) is 0 Å². The number of ether oxygens (including phenoxy) is 1. The second kappa shape index (κ2) is 10.1. The predicted octanol–water partition coefficient (Wildman–Crippen LogP) is 1.65. The zero-order chi connectivity index (χ0) is 14.8. The monoisotopic (exact) mass is 286 g/mol. The molecular weight excluding hydrogens is 260 g/mol. The molecule has 0 saturated heterocycles. The van der Waals surface area contributed by atoms with Crippen molar-refractivity contribution in [3.63, 3.8) is 0 Å². The van der Waals surface area contributed by atoms with Crippen LogP contribution >= 0.6 is 12.2 Å². The van der Waals surface area contributed by atoms with Gasteiger partial charge in [-0.15, -0.1) is 0 Å². The van der Waals surface area contributed by atoms with Crippen molar-refractivity contribution >= 4 is 23.4 Å². The number of aldehydes is 1. The average molecular weight is 286 g/mol. The van der Waals surface area contributed by atoms with Gasteiger partial charge in [-0.3, -0.25) is 4.79 Å². The lowest BCUT2D eigenvalue weighted by atomic mass is 9.98. The molecule has 0 aromatic carbocycles. The highest BCUT2D eigenvalue weighted by Crippen LogP contribution is 2.18. The van der Waals surface area contributed by atoms with Crippen LogP contribution in [0.15, 0.2) is 11.3 Å². The summed E-state index contributed by atoms with van der Waals surface area (Å²) in [4.78, 5) is 13.4. The fraction of sp³-hybridized carbons (Fsp3) is 0.714. The molecule has 4 nitrogen and oxygen atoms in total. The lowest BCUT2D eigenvalue weighted by molar-refractivity contribution is -0.102. The minimum Gasteiger partial charge on any atom is -0.378 e. The summed E-state index contributed by atoms with van der Waals surface area (Å²) < 4.78 is 5.49. The molecule has 0 aliphatic carbocycles. The largest absolute Gasteiger partial charge is 0.378 e. The second-order valence-electron chi connectivity index (χ2n) is 4.77. The van der Waals surface area contributed by atoms with Gasteiger partial charge in [0, 0.05) is 25.8 Å². The summed E-state index contributed by atoms with van der Waals surface area (Å²) in [5.74, 6) is 0.241. The van der Waals surface area contributed by atoms with E-state index in [2.05, 4.69) is 10.2 Å². The van der Waals surface area contributed by atoms with Gasteiger partial charge in [0.2, 0.25) is 0 Å². The zero-order valence-electron chi connectivity index (χ0n) is 12.7. The Hall–Kier alpha value is -0.780. The van der Waals surface area contributed by atoms with E-state index in [9.17, 15) is 4.79 Å². The van der Waals surface area contributed by atoms with Crippen LogP contribution in [-0.4, -0.2) is 56.4 Å². The Morgan fingerprint density at radius 2 is 2.05 bits per heavy atom. The van der Waals surface area contributed by atoms with Gasteiger partial charge in [-0.2, -0.15) is 0 Å². The molecule has 1 N–H and O–H groups in total. The van der Waals surface area contributed by atoms with Crippen LogP contribution in [0.2, 0.25) is 0 Å². The van der Waals surface area contributed by atoms with Crippen LogP contribution in [0, 0.1) is 5.92 Å². The molecule has 0 rings (SSSR count). The van der Waals surface area contributed by atoms with E-state index in [4.69, 9.17) is 17.0 Å². The lowest BCUT2D eigenvalue weighted by Gasteiger charge is -2.24. The van der Waals surface area contributed by atoms with Gasteiger partial charge in [-0.1, -0.05) is 26.1 Å². The molecule has 0 radical (unpaired) electrons. The Kier molecular flexibility index (Phi) is 9.65. The van der Waals surface area contributed by atoms with E-state index in [1.54, 1.807) is 0 Å². The van der Waals surface area contributed by atoms with Crippen LogP contribution < -0.4 is 5.32 Å². The normalized spacial score (nSPS) is 12.3. The highest BCUT2D eigenvalue weighted by molar-refractivity contribution is 7.82. The summed E-state index contributed by atoms with van der Waals surface area (Å²) in [5, 5.41) is 3.03. The maximum atomic E-state index is 10.9. The van der Waals surface area contributed by atoms with Crippen molar-refractivity contribution in [3.05, 3.63) is 11.3 Å². The summed E-state index contributed by atoms with van der Waals surface area (Å²) in [6, 6.07) is 0. The van der Waals surface area contributed by atoms with E-state index in [1.165, 1.54) is 0 Å². The summed E-state index contributed by atoms with van der Waals surface area (Å²) in [6.07, 6.45) is 0.755. The quantitative estimate of drug-likeness (QED) is 0.286. The van der Waals surface area contributed by atoms with E-state index >= 15 is 0 Å². The molecule has 0 aliphatic rings. The highest BCUT2D eigenvalue weighted by Gasteiger charge is 2.15. The number of hydrogen-bond donors (Lipinski definition) is 1. The van der Waals surface area contributed by atoms with Crippen molar-refractivity contribution in [1.29, 1.82) is 0 Å². The topological polar surface area (TPSA) is 41.6 Å². The van der Waals surface area contributed by atoms with E-state index in [-0.39, 0.29) is 5.92 Å². The molecule has 0 bridgehead atoms. The van der Waals surface area contributed by atoms with Gasteiger partial charge in [-0.05, 0) is 25.5 Å². The molecule has 0 saturated carbocycles. The number of thiocarbonyl (C=S) groups is 1. The van der Waals surface area contributed by atoms with E-state index < -0.39 is 0 Å². The number of likely N-dealkylation sites (N-methyl/N-ethyl adjacent to an activating group) is 2. The minimum absolute atomic E-state index is 0.241. The molecule has 0 atom stereocenters. The fourth-order valence-corrected chi connectivity index (χ4v) is 2.18. The van der Waals surface area contributed by atoms with Gasteiger partial charge in [0.25, 0.3) is 0 Å². The van der Waals surface area contributed by atoms with Gasteiger partial charge in [0.05, 0.1) is 18.1 Å². The maximum Gasteiger partial charge on any atom is 0.161 e. The molecule has 0 aliphatic heterocycles. The van der Waals surface area contributed by atoms with Gasteiger partial charge >= 0.3 is 0 Å². The number of rotatable bonds is 10. The SMILES string of the molecule is CNCCOCCN(C)/C(C)=C(/C(=S)C=O)C(C)C. The van der Waals surface area contributed by atoms with E-state index in [1.807, 2.05) is 34.9 Å². The van der Waals surface area contributed by atoms with Crippen LogP contribution in [0.5, 0.6) is 0 Å². The second-order valence-corrected chi connectivity index (χ2v) is 5.21. The third kappa shape index (κ3) is 6.80. The molecule has 0 amide bonds. The first-order valence-electron chi connectivity index (χ1n) is 6.59. The summed E-state index contributed by atoms with van der Waals surface area (Å²) in [5.41, 5.74) is 1.99. The van der Waals surface area contributed by atoms with Crippen molar-refractivity contribution in [2.24, 2.45) is 5.92 Å². The van der Waals surface area contributed by atoms with Crippen LogP contribution in [0.25, 0.3) is 0 Å². The van der Waals surface area contributed by atoms with Crippen LogP contribution in [-0.2, 0) is 9.53 Å². The molecule has 0 heterocycles. The third-order valence-corrected chi connectivity index (χ3v) is 3.30. The Balaban J connectivity index is 4.52. The number of nitrogens with one attached hydrogen (secondary N) is 1. The number of hydrogen-bond acceptors (Lipinski definition) is 5. The molecular formula is C14H26N2O2S. The Morgan fingerprint density at radius 1 is 1.42 bits per heavy atom. The van der Waals surface area contributed by atoms with Crippen molar-refractivity contribution in [2.45, 2.75) is 20.8 Å². The third-order valence-electron chi connectivity index (χ3n) is 2.98. The van der Waals surface area contributed by atoms with Gasteiger partial charge < -0.3 is 15.0 Å². The van der Waals surface area contributed by atoms with Crippen molar-refractivity contribution in [2.75, 3.05) is 40.4 Å². The molecule has 19 heavy (non-hydrogen) atoms. The van der Waals surface area contributed by atoms with Gasteiger partial charge in [0.1, 0.15) is 0 Å². The lowest BCUT2D eigenvalue weighted by Crippen LogP contribution is -2.26. The molecule has 0 spiro atoms. The molecule has 0 aromatic heterocycles. The van der Waals surface area contributed by atoms with Crippen LogP contribution in [0.1, 0.15) is 20.8 Å². The smallest absolute Gasteiger partial charge is 0.161 e. The summed E-state index contributed by atoms with van der Waals surface area (Å²) in [7, 11) is 3.89. The first-order chi connectivity index (χ1) is 8.95. The zero-order valence-corrected chi connectivity index (χ0v) is 13.5. The van der Waals surface area contributed by atoms with E-state index in [0.717, 1.165) is 30.6 Å². The van der Waals surface area contributed by atoms with Crippen molar-refractivity contribution in [3.8, 4) is 0 Å². The molecule has 0 fully saturated rings. The first-order valence-corrected chi connectivity index (χ1v) is 7.00. The molecule has 5 heteroatoms. The molecule has 110 valence electrons. The Bertz CT molecular complexity index is 327. The summed E-state index contributed by atoms with van der Waals surface area (Å²) >= 11 is 5.13. The van der Waals surface area contributed by atoms with E-state index in [0.29, 0.717) is 18.1 Å². The number of carbonyl (C=O) groups is 1. The van der Waals surface area contributed by atoms with Gasteiger partial charge in [0.15, 0.2) is 6.29 Å². The number of nitrogens with zero attached hydrogens (tertiary/aromatic N) is 1. The fourth-order valence-electron chi connectivity index (χ4n) is 1.80. The average Bonchev–Trinajstić information content (AvgIpc) is 2.37. The van der Waals surface area contributed by atoms with Crippen molar-refractivity contribution < 1.29 is 9.53 Å².